The second-order valence-corrected chi connectivity index (χ2v) is 9.25. The van der Waals surface area contributed by atoms with E-state index in [9.17, 15) is 14.4 Å². The highest BCUT2D eigenvalue weighted by molar-refractivity contribution is 6.44. The fourth-order valence-electron chi connectivity index (χ4n) is 4.67. The van der Waals surface area contributed by atoms with Gasteiger partial charge < -0.3 is 10.5 Å². The summed E-state index contributed by atoms with van der Waals surface area (Å²) in [5.74, 6) is -0.274. The van der Waals surface area contributed by atoms with Crippen LogP contribution in [-0.2, 0) is 26.2 Å². The lowest BCUT2D eigenvalue weighted by molar-refractivity contribution is -0.126. The Labute approximate surface area is 194 Å². The normalized spacial score (nSPS) is 19.2. The van der Waals surface area contributed by atoms with Crippen LogP contribution in [-0.4, -0.2) is 23.3 Å². The van der Waals surface area contributed by atoms with Crippen molar-refractivity contribution in [3.8, 4) is 11.5 Å². The first-order valence-corrected chi connectivity index (χ1v) is 11.0. The number of fused-ring (bicyclic) bond motifs is 2. The van der Waals surface area contributed by atoms with Gasteiger partial charge in [0.2, 0.25) is 5.78 Å². The number of rotatable bonds is 3. The number of benzene rings is 2. The first kappa shape index (κ1) is 21.0. The summed E-state index contributed by atoms with van der Waals surface area (Å²) >= 11 is 12.9. The van der Waals surface area contributed by atoms with Gasteiger partial charge in [-0.05, 0) is 60.7 Å². The zero-order valence-electron chi connectivity index (χ0n) is 17.2. The summed E-state index contributed by atoms with van der Waals surface area (Å²) in [4.78, 5) is 36.5. The summed E-state index contributed by atoms with van der Waals surface area (Å²) in [5.41, 5.74) is 8.60. The minimum Gasteiger partial charge on any atom is -0.454 e. The Bertz CT molecular complexity index is 1230. The number of amidine groups is 1. The number of anilines is 1. The van der Waals surface area contributed by atoms with Gasteiger partial charge >= 0.3 is 0 Å². The Kier molecular flexibility index (Phi) is 4.80. The smallest absolute Gasteiger partial charge is 0.255 e. The van der Waals surface area contributed by atoms with Gasteiger partial charge in [0.05, 0.1) is 27.6 Å². The molecular formula is C23H19Cl2N3O4. The third-order valence-corrected chi connectivity index (χ3v) is 7.09. The van der Waals surface area contributed by atoms with Crippen LogP contribution in [0, 0.1) is 6.92 Å². The highest BCUT2D eigenvalue weighted by Gasteiger charge is 2.50. The van der Waals surface area contributed by atoms with E-state index in [1.165, 1.54) is 12.1 Å². The molecule has 0 atom stereocenters. The maximum Gasteiger partial charge on any atom is 0.255 e. The first-order valence-electron chi connectivity index (χ1n) is 10.2. The lowest BCUT2D eigenvalue weighted by atomic mass is 9.64. The van der Waals surface area contributed by atoms with Gasteiger partial charge in [-0.2, -0.15) is 5.01 Å². The van der Waals surface area contributed by atoms with E-state index < -0.39 is 11.7 Å². The molecular weight excluding hydrogens is 453 g/mol. The number of amides is 1. The Morgan fingerprint density at radius 3 is 2.38 bits per heavy atom. The molecule has 5 rings (SSSR count). The van der Waals surface area contributed by atoms with Crippen molar-refractivity contribution in [2.75, 3.05) is 5.01 Å². The third-order valence-electron chi connectivity index (χ3n) is 6.53. The number of Topliss-reactive ketones (excluding diaryl/α,β-unsaturated/α-hetero) is 2. The molecule has 7 nitrogen and oxygen atoms in total. The average Bonchev–Trinajstić information content (AvgIpc) is 3.00. The Hall–Kier alpha value is -2.90. The van der Waals surface area contributed by atoms with Crippen molar-refractivity contribution >= 4 is 52.2 Å². The summed E-state index contributed by atoms with van der Waals surface area (Å²) in [7, 11) is 0. The highest BCUT2D eigenvalue weighted by atomic mass is 35.5. The third kappa shape index (κ3) is 3.11. The molecule has 9 heteroatoms. The molecule has 0 radical (unpaired) electrons. The van der Waals surface area contributed by atoms with E-state index in [4.69, 9.17) is 33.7 Å². The van der Waals surface area contributed by atoms with Gasteiger partial charge in [0.25, 0.3) is 5.91 Å². The fraction of sp³-hybridized carbons (Fsp3) is 0.304. The molecule has 1 spiro atoms. The topological polar surface area (TPSA) is 102 Å². The van der Waals surface area contributed by atoms with Crippen LogP contribution in [0.1, 0.15) is 42.4 Å². The van der Waals surface area contributed by atoms with Crippen LogP contribution < -0.4 is 15.5 Å². The molecule has 1 heterocycles. The van der Waals surface area contributed by atoms with E-state index in [0.717, 1.165) is 41.0 Å². The van der Waals surface area contributed by atoms with Crippen molar-refractivity contribution in [3.63, 3.8) is 0 Å². The van der Waals surface area contributed by atoms with E-state index in [1.54, 1.807) is 0 Å². The quantitative estimate of drug-likeness (QED) is 0.674. The molecule has 0 saturated heterocycles. The number of carbonyl (C=O) groups is 3. The standard InChI is InChI=1S/C23H19Cl2N3O4/c1-11-5-13(8-15-14(11)9-19(30)23(15)3-2-4-23)32-21-16(24)6-12(7-17(21)25)28-20(31)10-18(29)22(26)27-28/h5-8H,2-4,9-10H2,1H3,(H2,26,27). The molecule has 1 amide bonds. The average molecular weight is 472 g/mol. The largest absolute Gasteiger partial charge is 0.454 e. The van der Waals surface area contributed by atoms with Crippen molar-refractivity contribution in [2.24, 2.45) is 10.8 Å². The molecule has 2 aliphatic carbocycles. The second-order valence-electron chi connectivity index (χ2n) is 8.43. The van der Waals surface area contributed by atoms with Gasteiger partial charge in [-0.3, -0.25) is 14.4 Å². The van der Waals surface area contributed by atoms with E-state index >= 15 is 0 Å². The van der Waals surface area contributed by atoms with Crippen molar-refractivity contribution in [1.82, 2.24) is 0 Å². The van der Waals surface area contributed by atoms with Crippen LogP contribution in [0.3, 0.4) is 0 Å². The predicted octanol–water partition coefficient (Wildman–Crippen LogP) is 4.22. The Morgan fingerprint density at radius 2 is 1.75 bits per heavy atom. The van der Waals surface area contributed by atoms with Gasteiger partial charge in [-0.15, -0.1) is 5.10 Å². The maximum absolute atomic E-state index is 12.7. The zero-order chi connectivity index (χ0) is 22.8. The number of hydrazone groups is 1. The van der Waals surface area contributed by atoms with Gasteiger partial charge in [-0.25, -0.2) is 0 Å². The molecule has 3 aliphatic rings. The number of halogens is 2. The molecule has 1 saturated carbocycles. The SMILES string of the molecule is Cc1cc(Oc2c(Cl)cc(N3N=C(N)C(=O)CC3=O)cc2Cl)cc2c1CC(=O)C21CCC1. The molecule has 32 heavy (non-hydrogen) atoms. The van der Waals surface area contributed by atoms with Crippen LogP contribution >= 0.6 is 23.2 Å². The molecule has 0 unspecified atom stereocenters. The number of nitrogens with zero attached hydrogens (tertiary/aromatic N) is 2. The summed E-state index contributed by atoms with van der Waals surface area (Å²) in [6.07, 6.45) is 2.87. The lowest BCUT2D eigenvalue weighted by Gasteiger charge is -2.37. The Morgan fingerprint density at radius 1 is 1.06 bits per heavy atom. The Balaban J connectivity index is 1.49. The lowest BCUT2D eigenvalue weighted by Crippen LogP contribution is -2.40. The summed E-state index contributed by atoms with van der Waals surface area (Å²) in [6.45, 7) is 1.97. The number of hydrogen-bond acceptors (Lipinski definition) is 6. The maximum atomic E-state index is 12.7. The molecule has 0 bridgehead atoms. The van der Waals surface area contributed by atoms with Gasteiger partial charge in [0.1, 0.15) is 11.5 Å². The summed E-state index contributed by atoms with van der Waals surface area (Å²) in [6, 6.07) is 6.74. The molecule has 1 aliphatic heterocycles. The molecule has 1 fully saturated rings. The monoisotopic (exact) mass is 471 g/mol. The number of nitrogens with two attached hydrogens (primary N) is 1. The predicted molar refractivity (Wildman–Crippen MR) is 121 cm³/mol. The molecule has 0 aromatic heterocycles. The number of carbonyl (C=O) groups excluding carboxylic acids is 3. The highest BCUT2D eigenvalue weighted by Crippen LogP contribution is 2.52. The van der Waals surface area contributed by atoms with Crippen molar-refractivity contribution < 1.29 is 19.1 Å². The van der Waals surface area contributed by atoms with Gasteiger partial charge in [0, 0.05) is 6.42 Å². The van der Waals surface area contributed by atoms with E-state index in [0.29, 0.717) is 12.2 Å². The van der Waals surface area contributed by atoms with Crippen LogP contribution in [0.5, 0.6) is 11.5 Å². The van der Waals surface area contributed by atoms with Crippen molar-refractivity contribution in [2.45, 2.75) is 44.4 Å². The van der Waals surface area contributed by atoms with Crippen LogP contribution in [0.2, 0.25) is 10.0 Å². The van der Waals surface area contributed by atoms with E-state index in [-0.39, 0.29) is 44.9 Å². The number of ketones is 2. The minimum absolute atomic E-state index is 0.165. The molecule has 164 valence electrons. The second kappa shape index (κ2) is 7.32. The number of ether oxygens (including phenoxy) is 1. The summed E-state index contributed by atoms with van der Waals surface area (Å²) < 4.78 is 6.06. The number of hydrogen-bond donors (Lipinski definition) is 1. The van der Waals surface area contributed by atoms with Crippen LogP contribution in [0.25, 0.3) is 0 Å². The van der Waals surface area contributed by atoms with Gasteiger partial charge in [0.15, 0.2) is 11.6 Å². The van der Waals surface area contributed by atoms with E-state index in [2.05, 4.69) is 5.10 Å². The zero-order valence-corrected chi connectivity index (χ0v) is 18.7. The van der Waals surface area contributed by atoms with Crippen LogP contribution in [0.15, 0.2) is 29.4 Å². The first-order chi connectivity index (χ1) is 15.2. The minimum atomic E-state index is -0.533. The van der Waals surface area contributed by atoms with E-state index in [1.807, 2.05) is 19.1 Å². The van der Waals surface area contributed by atoms with Crippen molar-refractivity contribution in [1.29, 1.82) is 0 Å². The fourth-order valence-corrected chi connectivity index (χ4v) is 5.22. The molecule has 2 aromatic carbocycles. The summed E-state index contributed by atoms with van der Waals surface area (Å²) in [5, 5.41) is 5.17. The van der Waals surface area contributed by atoms with Gasteiger partial charge in [-0.1, -0.05) is 29.6 Å². The molecule has 2 N–H and O–H groups in total. The number of aryl methyl sites for hydroxylation is 1. The van der Waals surface area contributed by atoms with Crippen LogP contribution in [0.4, 0.5) is 5.69 Å². The van der Waals surface area contributed by atoms with Crippen molar-refractivity contribution in [3.05, 3.63) is 51.0 Å². The molecule has 2 aromatic rings.